The van der Waals surface area contributed by atoms with E-state index in [-0.39, 0.29) is 23.8 Å². The Morgan fingerprint density at radius 3 is 2.54 bits per heavy atom. The summed E-state index contributed by atoms with van der Waals surface area (Å²) in [7, 11) is 0. The van der Waals surface area contributed by atoms with Gasteiger partial charge in [-0.2, -0.15) is 0 Å². The highest BCUT2D eigenvalue weighted by molar-refractivity contribution is 5.93. The lowest BCUT2D eigenvalue weighted by atomic mass is 9.95. The van der Waals surface area contributed by atoms with Gasteiger partial charge in [-0.05, 0) is 43.4 Å². The molecule has 3 heterocycles. The minimum atomic E-state index is -0.0742. The molecule has 1 aromatic heterocycles. The first kappa shape index (κ1) is 23.3. The fraction of sp³-hybridized carbons (Fsp3) is 0.393. The number of fused-ring (bicyclic) bond motifs is 1. The first-order valence-corrected chi connectivity index (χ1v) is 12.3. The number of hydrogen-bond donors (Lipinski definition) is 1. The molecule has 1 N–H and O–H groups in total. The summed E-state index contributed by atoms with van der Waals surface area (Å²) < 4.78 is 8.14. The molecule has 0 spiro atoms. The van der Waals surface area contributed by atoms with E-state index in [4.69, 9.17) is 4.74 Å². The van der Waals surface area contributed by atoms with Gasteiger partial charge in [0.05, 0.1) is 25.2 Å². The lowest BCUT2D eigenvalue weighted by Crippen LogP contribution is -2.43. The van der Waals surface area contributed by atoms with Crippen LogP contribution in [0, 0.1) is 19.8 Å². The number of amides is 2. The normalized spacial score (nSPS) is 18.2. The summed E-state index contributed by atoms with van der Waals surface area (Å²) in [6.45, 7) is 6.77. The van der Waals surface area contributed by atoms with E-state index in [0.717, 1.165) is 16.8 Å². The number of nitrogens with zero attached hydrogens (tertiary/aromatic N) is 3. The van der Waals surface area contributed by atoms with Crippen molar-refractivity contribution in [1.82, 2.24) is 19.8 Å². The molecule has 2 aliphatic heterocycles. The first-order valence-electron chi connectivity index (χ1n) is 12.3. The van der Waals surface area contributed by atoms with Gasteiger partial charge in [0.25, 0.3) is 5.91 Å². The van der Waals surface area contributed by atoms with Crippen molar-refractivity contribution in [2.75, 3.05) is 13.1 Å². The average molecular weight is 473 g/mol. The quantitative estimate of drug-likeness (QED) is 0.610. The van der Waals surface area contributed by atoms with E-state index in [0.29, 0.717) is 51.3 Å². The van der Waals surface area contributed by atoms with Crippen LogP contribution in [0.25, 0.3) is 0 Å². The molecule has 0 bridgehead atoms. The summed E-state index contributed by atoms with van der Waals surface area (Å²) in [4.78, 5) is 32.2. The number of nitrogens with one attached hydrogen (secondary N) is 1. The highest BCUT2D eigenvalue weighted by Crippen LogP contribution is 2.29. The molecule has 2 amide bonds. The van der Waals surface area contributed by atoms with Crippen LogP contribution >= 0.6 is 0 Å². The minimum absolute atomic E-state index is 0.0471. The Morgan fingerprint density at radius 1 is 1.06 bits per heavy atom. The Balaban J connectivity index is 1.16. The zero-order chi connectivity index (χ0) is 24.4. The van der Waals surface area contributed by atoms with Crippen molar-refractivity contribution in [2.45, 2.75) is 52.5 Å². The van der Waals surface area contributed by atoms with Crippen molar-refractivity contribution < 1.29 is 14.3 Å². The van der Waals surface area contributed by atoms with Gasteiger partial charge < -0.3 is 19.5 Å². The predicted octanol–water partition coefficient (Wildman–Crippen LogP) is 3.94. The molecule has 7 nitrogen and oxygen atoms in total. The number of piperidine rings is 1. The monoisotopic (exact) mass is 472 g/mol. The number of aryl methyl sites for hydroxylation is 2. The average Bonchev–Trinajstić information content (AvgIpc) is 3.31. The summed E-state index contributed by atoms with van der Waals surface area (Å²) in [6, 6.07) is 16.4. The highest BCUT2D eigenvalue weighted by Gasteiger charge is 2.32. The molecule has 182 valence electrons. The van der Waals surface area contributed by atoms with Gasteiger partial charge in [0, 0.05) is 25.6 Å². The predicted molar refractivity (Wildman–Crippen MR) is 133 cm³/mol. The van der Waals surface area contributed by atoms with Crippen molar-refractivity contribution in [2.24, 2.45) is 5.92 Å². The Morgan fingerprint density at radius 2 is 1.80 bits per heavy atom. The van der Waals surface area contributed by atoms with Gasteiger partial charge in [0.1, 0.15) is 6.10 Å². The first-order chi connectivity index (χ1) is 17.0. The van der Waals surface area contributed by atoms with Crippen molar-refractivity contribution >= 4 is 11.8 Å². The maximum Gasteiger partial charge on any atom is 0.274 e. The summed E-state index contributed by atoms with van der Waals surface area (Å²) in [5.74, 6) is -0.0808. The van der Waals surface area contributed by atoms with Crippen LogP contribution < -0.4 is 5.32 Å². The Kier molecular flexibility index (Phi) is 6.68. The van der Waals surface area contributed by atoms with E-state index in [1.54, 1.807) is 6.33 Å². The third-order valence-corrected chi connectivity index (χ3v) is 7.25. The largest absolute Gasteiger partial charge is 0.365 e. The summed E-state index contributed by atoms with van der Waals surface area (Å²) in [6.07, 6.45) is 3.02. The lowest BCUT2D eigenvalue weighted by Gasteiger charge is -2.31. The number of imidazole rings is 1. The SMILES string of the molecule is Cc1ccc(C2Cn3cnc(C(=O)N4CCC(C(=O)NCc5ccccc5C)CC4)c3CO2)cc1. The van der Waals surface area contributed by atoms with E-state index in [9.17, 15) is 9.59 Å². The van der Waals surface area contributed by atoms with Gasteiger partial charge in [0.15, 0.2) is 5.69 Å². The van der Waals surface area contributed by atoms with Gasteiger partial charge >= 0.3 is 0 Å². The van der Waals surface area contributed by atoms with Crippen LogP contribution in [0.5, 0.6) is 0 Å². The second-order valence-electron chi connectivity index (χ2n) is 9.61. The minimum Gasteiger partial charge on any atom is -0.365 e. The molecule has 7 heteroatoms. The van der Waals surface area contributed by atoms with Crippen LogP contribution in [0.3, 0.4) is 0 Å². The van der Waals surface area contributed by atoms with Crippen LogP contribution in [-0.4, -0.2) is 39.4 Å². The Bertz CT molecular complexity index is 1210. The highest BCUT2D eigenvalue weighted by atomic mass is 16.5. The molecule has 0 aliphatic carbocycles. The van der Waals surface area contributed by atoms with Crippen molar-refractivity contribution in [3.8, 4) is 0 Å². The molecular formula is C28H32N4O3. The molecule has 2 aliphatic rings. The van der Waals surface area contributed by atoms with Crippen LogP contribution in [0.4, 0.5) is 0 Å². The molecule has 5 rings (SSSR count). The molecule has 0 saturated carbocycles. The fourth-order valence-corrected chi connectivity index (χ4v) is 4.92. The molecule has 2 aromatic carbocycles. The number of aromatic nitrogens is 2. The number of hydrogen-bond acceptors (Lipinski definition) is 4. The fourth-order valence-electron chi connectivity index (χ4n) is 4.92. The smallest absolute Gasteiger partial charge is 0.274 e. The second kappa shape index (κ2) is 10.0. The van der Waals surface area contributed by atoms with Crippen LogP contribution in [0.15, 0.2) is 54.9 Å². The number of rotatable bonds is 5. The van der Waals surface area contributed by atoms with E-state index in [1.165, 1.54) is 11.1 Å². The number of ether oxygens (including phenoxy) is 1. The number of likely N-dealkylation sites (tertiary alicyclic amines) is 1. The maximum absolute atomic E-state index is 13.2. The molecule has 3 aromatic rings. The van der Waals surface area contributed by atoms with Crippen molar-refractivity contribution in [3.63, 3.8) is 0 Å². The lowest BCUT2D eigenvalue weighted by molar-refractivity contribution is -0.126. The zero-order valence-corrected chi connectivity index (χ0v) is 20.4. The number of benzene rings is 2. The molecule has 1 saturated heterocycles. The van der Waals surface area contributed by atoms with E-state index < -0.39 is 0 Å². The van der Waals surface area contributed by atoms with Crippen molar-refractivity contribution in [3.05, 3.63) is 88.5 Å². The van der Waals surface area contributed by atoms with E-state index in [2.05, 4.69) is 41.5 Å². The van der Waals surface area contributed by atoms with Gasteiger partial charge in [-0.25, -0.2) is 4.98 Å². The van der Waals surface area contributed by atoms with Gasteiger partial charge in [-0.15, -0.1) is 0 Å². The summed E-state index contributed by atoms with van der Waals surface area (Å²) >= 11 is 0. The third-order valence-electron chi connectivity index (χ3n) is 7.25. The molecule has 1 fully saturated rings. The van der Waals surface area contributed by atoms with Gasteiger partial charge in [-0.3, -0.25) is 9.59 Å². The third kappa shape index (κ3) is 5.00. The molecule has 35 heavy (non-hydrogen) atoms. The molecule has 1 atom stereocenters. The maximum atomic E-state index is 13.2. The van der Waals surface area contributed by atoms with E-state index in [1.807, 2.05) is 40.7 Å². The topological polar surface area (TPSA) is 76.5 Å². The van der Waals surface area contributed by atoms with Crippen LogP contribution in [-0.2, 0) is 29.2 Å². The summed E-state index contributed by atoms with van der Waals surface area (Å²) in [5, 5.41) is 3.07. The number of carbonyl (C=O) groups excluding carboxylic acids is 2. The van der Waals surface area contributed by atoms with Crippen LogP contribution in [0.1, 0.15) is 57.4 Å². The number of carbonyl (C=O) groups is 2. The van der Waals surface area contributed by atoms with E-state index >= 15 is 0 Å². The molecule has 1 unspecified atom stereocenters. The molecule has 0 radical (unpaired) electrons. The zero-order valence-electron chi connectivity index (χ0n) is 20.4. The van der Waals surface area contributed by atoms with Crippen LogP contribution in [0.2, 0.25) is 0 Å². The second-order valence-corrected chi connectivity index (χ2v) is 9.61. The van der Waals surface area contributed by atoms with Gasteiger partial charge in [0.2, 0.25) is 5.91 Å². The standard InChI is InChI=1S/C28H32N4O3/c1-19-7-9-21(10-8-19)25-16-32-18-30-26(24(32)17-35-25)28(34)31-13-11-22(12-14-31)27(33)29-15-23-6-4-3-5-20(23)2/h3-10,18,22,25H,11-17H2,1-2H3,(H,29,33). The Labute approximate surface area is 206 Å². The molecular weight excluding hydrogens is 440 g/mol. The van der Waals surface area contributed by atoms with Crippen molar-refractivity contribution in [1.29, 1.82) is 0 Å². The Hall–Kier alpha value is -3.45. The summed E-state index contributed by atoms with van der Waals surface area (Å²) in [5.41, 5.74) is 5.95. The van der Waals surface area contributed by atoms with Gasteiger partial charge in [-0.1, -0.05) is 54.1 Å².